The van der Waals surface area contributed by atoms with Gasteiger partial charge in [-0.2, -0.15) is 13.2 Å². The molecule has 0 fully saturated rings. The molecule has 0 spiro atoms. The van der Waals surface area contributed by atoms with Crippen molar-refractivity contribution in [1.29, 1.82) is 0 Å². The van der Waals surface area contributed by atoms with Crippen LogP contribution in [0.3, 0.4) is 0 Å². The van der Waals surface area contributed by atoms with Crippen LogP contribution in [0, 0.1) is 5.82 Å². The SMILES string of the molecule is C/C(O)=C(/C=Nc1ccc(F)c(C(F)(F)F)c1)C(=O)Nc1ccccc1. The Kier molecular flexibility index (Phi) is 5.76. The van der Waals surface area contributed by atoms with Gasteiger partial charge in [0.2, 0.25) is 0 Å². The number of carbonyl (C=O) groups excluding carboxylic acids is 1. The molecule has 2 aromatic rings. The number of rotatable bonds is 4. The van der Waals surface area contributed by atoms with Crippen LogP contribution in [0.2, 0.25) is 0 Å². The molecule has 0 bridgehead atoms. The molecule has 0 aliphatic heterocycles. The second-order valence-electron chi connectivity index (χ2n) is 5.24. The fraction of sp³-hybridized carbons (Fsp3) is 0.111. The molecule has 0 aromatic heterocycles. The number of benzene rings is 2. The highest BCUT2D eigenvalue weighted by Crippen LogP contribution is 2.33. The summed E-state index contributed by atoms with van der Waals surface area (Å²) in [5.74, 6) is -2.49. The first kappa shape index (κ1) is 19.2. The molecule has 136 valence electrons. The van der Waals surface area contributed by atoms with Gasteiger partial charge in [0.05, 0.1) is 16.8 Å². The number of aliphatic hydroxyl groups excluding tert-OH is 1. The topological polar surface area (TPSA) is 61.7 Å². The number of carbonyl (C=O) groups is 1. The minimum atomic E-state index is -4.87. The molecule has 26 heavy (non-hydrogen) atoms. The van der Waals surface area contributed by atoms with Crippen molar-refractivity contribution < 1.29 is 27.5 Å². The standard InChI is InChI=1S/C18H14F4N2O2/c1-11(25)14(17(26)24-12-5-3-2-4-6-12)10-23-13-7-8-16(19)15(9-13)18(20,21)22/h2-10,25H,1H3,(H,24,26)/b14-11+,23-10?. The molecule has 4 nitrogen and oxygen atoms in total. The Hall–Kier alpha value is -3.16. The number of nitrogens with zero attached hydrogens (tertiary/aromatic N) is 1. The summed E-state index contributed by atoms with van der Waals surface area (Å²) >= 11 is 0. The Bertz CT molecular complexity index is 855. The van der Waals surface area contributed by atoms with E-state index < -0.39 is 23.5 Å². The molecule has 2 rings (SSSR count). The van der Waals surface area contributed by atoms with E-state index in [0.29, 0.717) is 17.8 Å². The summed E-state index contributed by atoms with van der Waals surface area (Å²) in [6.45, 7) is 1.23. The van der Waals surface area contributed by atoms with Crippen molar-refractivity contribution in [2.24, 2.45) is 4.99 Å². The molecule has 0 saturated carbocycles. The number of aliphatic hydroxyl groups is 1. The van der Waals surface area contributed by atoms with Gasteiger partial charge >= 0.3 is 6.18 Å². The minimum Gasteiger partial charge on any atom is -0.512 e. The molecule has 0 saturated heterocycles. The van der Waals surface area contributed by atoms with E-state index in [1.165, 1.54) is 6.92 Å². The van der Waals surface area contributed by atoms with Crippen molar-refractivity contribution in [2.45, 2.75) is 13.1 Å². The van der Waals surface area contributed by atoms with Crippen LogP contribution < -0.4 is 5.32 Å². The Morgan fingerprint density at radius 1 is 1.15 bits per heavy atom. The fourth-order valence-electron chi connectivity index (χ4n) is 1.99. The predicted molar refractivity (Wildman–Crippen MR) is 90.0 cm³/mol. The van der Waals surface area contributed by atoms with E-state index in [2.05, 4.69) is 10.3 Å². The van der Waals surface area contributed by atoms with Crippen molar-refractivity contribution in [3.05, 3.63) is 71.2 Å². The summed E-state index contributed by atoms with van der Waals surface area (Å²) < 4.78 is 51.4. The number of para-hydroxylation sites is 1. The summed E-state index contributed by atoms with van der Waals surface area (Å²) in [6.07, 6.45) is -3.95. The highest BCUT2D eigenvalue weighted by atomic mass is 19.4. The lowest BCUT2D eigenvalue weighted by Crippen LogP contribution is -2.16. The first-order chi connectivity index (χ1) is 12.2. The fourth-order valence-corrected chi connectivity index (χ4v) is 1.99. The quantitative estimate of drug-likeness (QED) is 0.346. The molecule has 0 aliphatic rings. The van der Waals surface area contributed by atoms with E-state index in [4.69, 9.17) is 0 Å². The Balaban J connectivity index is 2.26. The normalized spacial score (nSPS) is 12.8. The molecule has 0 aliphatic carbocycles. The third-order valence-corrected chi connectivity index (χ3v) is 3.26. The lowest BCUT2D eigenvalue weighted by Gasteiger charge is -2.09. The first-order valence-electron chi connectivity index (χ1n) is 7.35. The van der Waals surface area contributed by atoms with Gasteiger partial charge in [0.15, 0.2) is 0 Å². The molecule has 0 atom stereocenters. The van der Waals surface area contributed by atoms with Crippen molar-refractivity contribution >= 4 is 23.5 Å². The molecule has 8 heteroatoms. The van der Waals surface area contributed by atoms with E-state index in [1.54, 1.807) is 30.3 Å². The van der Waals surface area contributed by atoms with Crippen molar-refractivity contribution in [2.75, 3.05) is 5.32 Å². The summed E-state index contributed by atoms with van der Waals surface area (Å²) in [5, 5.41) is 12.2. The number of allylic oxidation sites excluding steroid dienone is 1. The van der Waals surface area contributed by atoms with Gasteiger partial charge in [-0.3, -0.25) is 9.79 Å². The number of halogens is 4. The van der Waals surface area contributed by atoms with E-state index >= 15 is 0 Å². The maximum absolute atomic E-state index is 13.3. The summed E-state index contributed by atoms with van der Waals surface area (Å²) in [7, 11) is 0. The van der Waals surface area contributed by atoms with Gasteiger partial charge in [0, 0.05) is 11.9 Å². The lowest BCUT2D eigenvalue weighted by atomic mass is 10.1. The zero-order chi connectivity index (χ0) is 19.3. The third kappa shape index (κ3) is 4.92. The van der Waals surface area contributed by atoms with E-state index in [0.717, 1.165) is 12.3 Å². The van der Waals surface area contributed by atoms with E-state index in [-0.39, 0.29) is 17.0 Å². The smallest absolute Gasteiger partial charge is 0.419 e. The second-order valence-corrected chi connectivity index (χ2v) is 5.24. The highest BCUT2D eigenvalue weighted by Gasteiger charge is 2.34. The number of aliphatic imine (C=N–C) groups is 1. The van der Waals surface area contributed by atoms with Gasteiger partial charge in [-0.05, 0) is 37.3 Å². The van der Waals surface area contributed by atoms with Crippen LogP contribution in [0.15, 0.2) is 64.9 Å². The van der Waals surface area contributed by atoms with Crippen LogP contribution in [-0.4, -0.2) is 17.2 Å². The van der Waals surface area contributed by atoms with Crippen molar-refractivity contribution in [1.82, 2.24) is 0 Å². The first-order valence-corrected chi connectivity index (χ1v) is 7.35. The predicted octanol–water partition coefficient (Wildman–Crippen LogP) is 5.02. The van der Waals surface area contributed by atoms with E-state index in [1.807, 2.05) is 0 Å². The number of hydrogen-bond acceptors (Lipinski definition) is 3. The molecule has 0 radical (unpaired) electrons. The molecule has 1 amide bonds. The monoisotopic (exact) mass is 366 g/mol. The zero-order valence-corrected chi connectivity index (χ0v) is 13.5. The van der Waals surface area contributed by atoms with Gasteiger partial charge in [-0.15, -0.1) is 0 Å². The second kappa shape index (κ2) is 7.81. The number of anilines is 1. The average Bonchev–Trinajstić information content (AvgIpc) is 2.56. The molecule has 0 heterocycles. The van der Waals surface area contributed by atoms with Gasteiger partial charge < -0.3 is 10.4 Å². The molecule has 2 N–H and O–H groups in total. The Morgan fingerprint density at radius 3 is 2.38 bits per heavy atom. The maximum Gasteiger partial charge on any atom is 0.419 e. The van der Waals surface area contributed by atoms with Gasteiger partial charge in [0.1, 0.15) is 11.6 Å². The van der Waals surface area contributed by atoms with Crippen LogP contribution in [0.1, 0.15) is 12.5 Å². The largest absolute Gasteiger partial charge is 0.512 e. The van der Waals surface area contributed by atoms with Crippen LogP contribution in [0.5, 0.6) is 0 Å². The van der Waals surface area contributed by atoms with Crippen LogP contribution >= 0.6 is 0 Å². The summed E-state index contributed by atoms with van der Waals surface area (Å²) in [6, 6.07) is 10.6. The van der Waals surface area contributed by atoms with Crippen LogP contribution in [-0.2, 0) is 11.0 Å². The number of hydrogen-bond donors (Lipinski definition) is 2. The maximum atomic E-state index is 13.3. The Morgan fingerprint density at radius 2 is 1.81 bits per heavy atom. The van der Waals surface area contributed by atoms with Gasteiger partial charge in [0.25, 0.3) is 5.91 Å². The molecular weight excluding hydrogens is 352 g/mol. The average molecular weight is 366 g/mol. The summed E-state index contributed by atoms with van der Waals surface area (Å²) in [5.41, 5.74) is -1.46. The molecule has 2 aromatic carbocycles. The van der Waals surface area contributed by atoms with Gasteiger partial charge in [-0.1, -0.05) is 18.2 Å². The number of alkyl halides is 3. The zero-order valence-electron chi connectivity index (χ0n) is 13.5. The van der Waals surface area contributed by atoms with Crippen LogP contribution in [0.25, 0.3) is 0 Å². The lowest BCUT2D eigenvalue weighted by molar-refractivity contribution is -0.139. The van der Waals surface area contributed by atoms with Crippen molar-refractivity contribution in [3.63, 3.8) is 0 Å². The third-order valence-electron chi connectivity index (χ3n) is 3.26. The molecular formula is C18H14F4N2O2. The molecule has 0 unspecified atom stereocenters. The van der Waals surface area contributed by atoms with Gasteiger partial charge in [-0.25, -0.2) is 4.39 Å². The number of nitrogens with one attached hydrogen (secondary N) is 1. The Labute approximate surface area is 146 Å². The minimum absolute atomic E-state index is 0.218. The van der Waals surface area contributed by atoms with Crippen LogP contribution in [0.4, 0.5) is 28.9 Å². The van der Waals surface area contributed by atoms with Crippen molar-refractivity contribution in [3.8, 4) is 0 Å². The number of amides is 1. The van der Waals surface area contributed by atoms with E-state index in [9.17, 15) is 27.5 Å². The summed E-state index contributed by atoms with van der Waals surface area (Å²) in [4.78, 5) is 15.9. The highest BCUT2D eigenvalue weighted by molar-refractivity contribution is 6.18.